The first-order chi connectivity index (χ1) is 17.9. The fourth-order valence-corrected chi connectivity index (χ4v) is 7.07. The highest BCUT2D eigenvalue weighted by Gasteiger charge is 2.69. The summed E-state index contributed by atoms with van der Waals surface area (Å²) in [7, 11) is 1.54. The molecule has 188 valence electrons. The number of fused-ring (bicyclic) bond motifs is 4. The standard InChI is InChI=1S/C28H24BrN3O5/c1-37-20-8-3-6-17(14-20)26(33)25-24(16-5-2-7-19(13-16)32(35)36)23-9-4-12-31(23)28(25)21-15-18(29)10-11-22(21)30-27(28)34/h2-3,5-8,10-11,13-15,23-25H,4,9,12H2,1H3,(H,30,34)/t23?,24?,25?,28-/m1/s1. The van der Waals surface area contributed by atoms with E-state index in [0.29, 0.717) is 29.1 Å². The fraction of sp³-hybridized carbons (Fsp3) is 0.286. The average Bonchev–Trinajstić information content (AvgIpc) is 3.57. The number of non-ortho nitro benzene ring substituents is 1. The molecule has 1 spiro atoms. The van der Waals surface area contributed by atoms with Crippen LogP contribution < -0.4 is 10.1 Å². The van der Waals surface area contributed by atoms with Crippen molar-refractivity contribution in [3.05, 3.63) is 98.0 Å². The summed E-state index contributed by atoms with van der Waals surface area (Å²) in [6.07, 6.45) is 1.65. The van der Waals surface area contributed by atoms with Gasteiger partial charge in [0.05, 0.1) is 18.0 Å². The number of rotatable bonds is 5. The Morgan fingerprint density at radius 2 is 1.97 bits per heavy atom. The summed E-state index contributed by atoms with van der Waals surface area (Å²) in [5.41, 5.74) is 1.30. The maximum atomic E-state index is 14.5. The van der Waals surface area contributed by atoms with Gasteiger partial charge in [0, 0.05) is 45.4 Å². The number of hydrogen-bond acceptors (Lipinski definition) is 6. The molecule has 1 N–H and O–H groups in total. The number of hydrogen-bond donors (Lipinski definition) is 1. The molecule has 3 aliphatic heterocycles. The van der Waals surface area contributed by atoms with E-state index in [-0.39, 0.29) is 23.4 Å². The fourth-order valence-electron chi connectivity index (χ4n) is 6.71. The van der Waals surface area contributed by atoms with E-state index in [9.17, 15) is 19.7 Å². The lowest BCUT2D eigenvalue weighted by molar-refractivity contribution is -0.384. The van der Waals surface area contributed by atoms with Gasteiger partial charge in [0.2, 0.25) is 5.91 Å². The van der Waals surface area contributed by atoms with Crippen LogP contribution >= 0.6 is 15.9 Å². The van der Waals surface area contributed by atoms with Gasteiger partial charge in [-0.25, -0.2) is 0 Å². The van der Waals surface area contributed by atoms with Crippen molar-refractivity contribution >= 4 is 39.0 Å². The third-order valence-corrected chi connectivity index (χ3v) is 8.56. The number of nitrogens with one attached hydrogen (secondary N) is 1. The summed E-state index contributed by atoms with van der Waals surface area (Å²) in [6.45, 7) is 0.650. The van der Waals surface area contributed by atoms with Crippen molar-refractivity contribution in [3.63, 3.8) is 0 Å². The summed E-state index contributed by atoms with van der Waals surface area (Å²) < 4.78 is 6.19. The lowest BCUT2D eigenvalue weighted by atomic mass is 9.68. The van der Waals surface area contributed by atoms with Crippen LogP contribution in [0.5, 0.6) is 5.75 Å². The van der Waals surface area contributed by atoms with Gasteiger partial charge in [0.1, 0.15) is 11.3 Å². The molecule has 3 aromatic carbocycles. The van der Waals surface area contributed by atoms with Crippen LogP contribution in [-0.2, 0) is 10.3 Å². The highest BCUT2D eigenvalue weighted by molar-refractivity contribution is 9.10. The molecule has 1 amide bonds. The number of methoxy groups -OCH3 is 1. The minimum Gasteiger partial charge on any atom is -0.497 e. The maximum Gasteiger partial charge on any atom is 0.269 e. The van der Waals surface area contributed by atoms with Crippen molar-refractivity contribution < 1.29 is 19.2 Å². The third-order valence-electron chi connectivity index (χ3n) is 8.07. The van der Waals surface area contributed by atoms with Crippen molar-refractivity contribution in [1.82, 2.24) is 4.90 Å². The normalized spacial score (nSPS) is 26.1. The molecule has 0 bridgehead atoms. The van der Waals surface area contributed by atoms with Gasteiger partial charge in [-0.3, -0.25) is 24.6 Å². The second kappa shape index (κ2) is 8.78. The van der Waals surface area contributed by atoms with E-state index in [1.54, 1.807) is 43.5 Å². The van der Waals surface area contributed by atoms with Crippen LogP contribution in [0.3, 0.4) is 0 Å². The quantitative estimate of drug-likeness (QED) is 0.258. The number of Topliss-reactive ketones (excluding diaryl/α,β-unsaturated/α-hetero) is 1. The molecule has 37 heavy (non-hydrogen) atoms. The summed E-state index contributed by atoms with van der Waals surface area (Å²) in [6, 6.07) is 19.0. The second-order valence-electron chi connectivity index (χ2n) is 9.77. The number of amides is 1. The predicted octanol–water partition coefficient (Wildman–Crippen LogP) is 5.27. The van der Waals surface area contributed by atoms with Gasteiger partial charge in [-0.15, -0.1) is 0 Å². The van der Waals surface area contributed by atoms with Crippen LogP contribution in [0.1, 0.15) is 40.2 Å². The van der Waals surface area contributed by atoms with Crippen molar-refractivity contribution in [3.8, 4) is 5.75 Å². The summed E-state index contributed by atoms with van der Waals surface area (Å²) >= 11 is 3.56. The Kier molecular flexibility index (Phi) is 5.65. The number of ether oxygens (including phenoxy) is 1. The minimum absolute atomic E-state index is 0.0328. The Hall–Kier alpha value is -3.56. The van der Waals surface area contributed by atoms with Crippen molar-refractivity contribution in [2.45, 2.75) is 30.3 Å². The summed E-state index contributed by atoms with van der Waals surface area (Å²) in [4.78, 5) is 42.0. The van der Waals surface area contributed by atoms with Gasteiger partial charge in [0.25, 0.3) is 5.69 Å². The van der Waals surface area contributed by atoms with E-state index in [1.807, 2.05) is 24.3 Å². The Labute approximate surface area is 221 Å². The molecular formula is C28H24BrN3O5. The topological polar surface area (TPSA) is 102 Å². The number of halogens is 1. The van der Waals surface area contributed by atoms with Gasteiger partial charge < -0.3 is 10.1 Å². The number of carbonyl (C=O) groups excluding carboxylic acids is 2. The number of nitrogens with zero attached hydrogens (tertiary/aromatic N) is 2. The van der Waals surface area contributed by atoms with Crippen molar-refractivity contribution in [1.29, 1.82) is 0 Å². The van der Waals surface area contributed by atoms with Gasteiger partial charge >= 0.3 is 0 Å². The van der Waals surface area contributed by atoms with Crippen LogP contribution in [0, 0.1) is 16.0 Å². The zero-order chi connectivity index (χ0) is 25.9. The molecule has 9 heteroatoms. The Balaban J connectivity index is 1.62. The molecular weight excluding hydrogens is 538 g/mol. The highest BCUT2D eigenvalue weighted by Crippen LogP contribution is 2.61. The van der Waals surface area contributed by atoms with E-state index in [4.69, 9.17) is 4.74 Å². The first kappa shape index (κ1) is 23.8. The van der Waals surface area contributed by atoms with Crippen LogP contribution in [0.15, 0.2) is 71.2 Å². The monoisotopic (exact) mass is 561 g/mol. The molecule has 3 aromatic rings. The minimum atomic E-state index is -1.24. The van der Waals surface area contributed by atoms with E-state index in [2.05, 4.69) is 26.1 Å². The van der Waals surface area contributed by atoms with Crippen LogP contribution in [0.2, 0.25) is 0 Å². The van der Waals surface area contributed by atoms with Gasteiger partial charge in [-0.1, -0.05) is 40.2 Å². The molecule has 0 aromatic heterocycles. The Morgan fingerprint density at radius 1 is 1.16 bits per heavy atom. The molecule has 2 saturated heterocycles. The van der Waals surface area contributed by atoms with Crippen molar-refractivity contribution in [2.24, 2.45) is 5.92 Å². The molecule has 2 fully saturated rings. The third kappa shape index (κ3) is 3.44. The SMILES string of the molecule is COc1cccc(C(=O)C2C(c3cccc([N+](=O)[O-])c3)C3CCCN3[C@@]23C(=O)Nc2ccc(Br)cc23)c1. The molecule has 0 saturated carbocycles. The van der Waals surface area contributed by atoms with Crippen LogP contribution in [0.4, 0.5) is 11.4 Å². The second-order valence-corrected chi connectivity index (χ2v) is 10.7. The first-order valence-corrected chi connectivity index (χ1v) is 13.0. The number of nitro benzene ring substituents is 1. The number of anilines is 1. The van der Waals surface area contributed by atoms with E-state index < -0.39 is 22.3 Å². The van der Waals surface area contributed by atoms with E-state index in [1.165, 1.54) is 6.07 Å². The highest BCUT2D eigenvalue weighted by atomic mass is 79.9. The van der Waals surface area contributed by atoms with Gasteiger partial charge in [-0.2, -0.15) is 0 Å². The average molecular weight is 562 g/mol. The molecule has 3 aliphatic rings. The zero-order valence-corrected chi connectivity index (χ0v) is 21.6. The molecule has 4 atom stereocenters. The predicted molar refractivity (Wildman–Crippen MR) is 141 cm³/mol. The molecule has 3 heterocycles. The molecule has 8 nitrogen and oxygen atoms in total. The lowest BCUT2D eigenvalue weighted by Crippen LogP contribution is -2.52. The lowest BCUT2D eigenvalue weighted by Gasteiger charge is -2.37. The van der Waals surface area contributed by atoms with Gasteiger partial charge in [0.15, 0.2) is 5.78 Å². The van der Waals surface area contributed by atoms with Crippen molar-refractivity contribution in [2.75, 3.05) is 19.0 Å². The van der Waals surface area contributed by atoms with E-state index in [0.717, 1.165) is 22.9 Å². The number of ketones is 1. The summed E-state index contributed by atoms with van der Waals surface area (Å²) in [5.74, 6) is -1.10. The maximum absolute atomic E-state index is 14.5. The molecule has 6 rings (SSSR count). The van der Waals surface area contributed by atoms with Gasteiger partial charge in [-0.05, 0) is 55.3 Å². The summed E-state index contributed by atoms with van der Waals surface area (Å²) in [5, 5.41) is 14.7. The molecule has 3 unspecified atom stereocenters. The first-order valence-electron chi connectivity index (χ1n) is 12.2. The number of nitro groups is 1. The van der Waals surface area contributed by atoms with Crippen LogP contribution in [-0.4, -0.2) is 41.2 Å². The zero-order valence-electron chi connectivity index (χ0n) is 20.0. The largest absolute Gasteiger partial charge is 0.497 e. The molecule has 0 radical (unpaired) electrons. The van der Waals surface area contributed by atoms with E-state index >= 15 is 0 Å². The smallest absolute Gasteiger partial charge is 0.269 e. The Bertz CT molecular complexity index is 1460. The number of benzene rings is 3. The number of carbonyl (C=O) groups is 2. The molecule has 0 aliphatic carbocycles. The Morgan fingerprint density at radius 3 is 2.76 bits per heavy atom. The van der Waals surface area contributed by atoms with Crippen LogP contribution in [0.25, 0.3) is 0 Å².